The number of sulfonamides is 1. The summed E-state index contributed by atoms with van der Waals surface area (Å²) in [7, 11) is -3.39. The van der Waals surface area contributed by atoms with Crippen LogP contribution >= 0.6 is 0 Å². The maximum absolute atomic E-state index is 12.4. The van der Waals surface area contributed by atoms with Crippen molar-refractivity contribution < 1.29 is 13.2 Å². The van der Waals surface area contributed by atoms with Crippen molar-refractivity contribution in [2.24, 2.45) is 5.92 Å². The molecule has 1 aromatic rings. The van der Waals surface area contributed by atoms with Gasteiger partial charge < -0.3 is 10.3 Å². The summed E-state index contributed by atoms with van der Waals surface area (Å²) >= 11 is 0. The SMILES string of the molecule is O=C1CCC2CN(S(=O)(=O)c3cc[nH]c3)CCC2N1. The molecule has 2 unspecified atom stereocenters. The third-order valence-corrected chi connectivity index (χ3v) is 5.85. The van der Waals surface area contributed by atoms with Crippen molar-refractivity contribution in [3.8, 4) is 0 Å². The van der Waals surface area contributed by atoms with Crippen LogP contribution in [0.2, 0.25) is 0 Å². The average Bonchev–Trinajstić information content (AvgIpc) is 2.92. The molecule has 2 aliphatic heterocycles. The number of carbonyl (C=O) groups is 1. The van der Waals surface area contributed by atoms with E-state index in [1.54, 1.807) is 12.3 Å². The minimum atomic E-state index is -3.39. The Balaban J connectivity index is 1.77. The minimum Gasteiger partial charge on any atom is -0.366 e. The molecule has 0 saturated carbocycles. The van der Waals surface area contributed by atoms with E-state index in [-0.39, 0.29) is 17.9 Å². The van der Waals surface area contributed by atoms with Gasteiger partial charge in [0.2, 0.25) is 15.9 Å². The van der Waals surface area contributed by atoms with Crippen LogP contribution in [0.3, 0.4) is 0 Å². The second kappa shape index (κ2) is 4.64. The lowest BCUT2D eigenvalue weighted by atomic mass is 9.86. The first kappa shape index (κ1) is 12.7. The summed E-state index contributed by atoms with van der Waals surface area (Å²) in [6.07, 6.45) is 5.08. The van der Waals surface area contributed by atoms with Gasteiger partial charge in [-0.1, -0.05) is 0 Å². The standard InChI is InChI=1S/C12H17N3O3S/c16-12-2-1-9-8-15(6-4-11(9)14-12)19(17,18)10-3-5-13-7-10/h3,5,7,9,11,13H,1-2,4,6,8H2,(H,14,16). The first-order valence-corrected chi connectivity index (χ1v) is 7.94. The molecule has 0 aliphatic carbocycles. The molecule has 2 fully saturated rings. The molecule has 0 spiro atoms. The lowest BCUT2D eigenvalue weighted by molar-refractivity contribution is -0.124. The van der Waals surface area contributed by atoms with Crippen LogP contribution in [0.15, 0.2) is 23.4 Å². The van der Waals surface area contributed by atoms with Gasteiger partial charge in [-0.25, -0.2) is 8.42 Å². The van der Waals surface area contributed by atoms with Crippen LogP contribution < -0.4 is 5.32 Å². The summed E-state index contributed by atoms with van der Waals surface area (Å²) < 4.78 is 26.3. The number of nitrogens with zero attached hydrogens (tertiary/aromatic N) is 1. The van der Waals surface area contributed by atoms with Gasteiger partial charge in [0.05, 0.1) is 4.90 Å². The fraction of sp³-hybridized carbons (Fsp3) is 0.583. The van der Waals surface area contributed by atoms with Crippen molar-refractivity contribution in [2.75, 3.05) is 13.1 Å². The largest absolute Gasteiger partial charge is 0.366 e. The zero-order valence-electron chi connectivity index (χ0n) is 10.5. The first-order chi connectivity index (χ1) is 9.07. The molecule has 1 aromatic heterocycles. The number of H-pyrrole nitrogens is 1. The van der Waals surface area contributed by atoms with E-state index in [0.717, 1.165) is 6.42 Å². The Kier molecular flexibility index (Phi) is 3.10. The molecule has 2 atom stereocenters. The second-order valence-electron chi connectivity index (χ2n) is 5.17. The number of aromatic amines is 1. The number of rotatable bonds is 2. The molecular formula is C12H17N3O3S. The zero-order chi connectivity index (χ0) is 13.5. The van der Waals surface area contributed by atoms with Crippen molar-refractivity contribution in [3.63, 3.8) is 0 Å². The normalized spacial score (nSPS) is 28.7. The van der Waals surface area contributed by atoms with Gasteiger partial charge in [0, 0.05) is 37.9 Å². The molecule has 0 bridgehead atoms. The van der Waals surface area contributed by atoms with Crippen molar-refractivity contribution in [1.29, 1.82) is 0 Å². The molecule has 6 nitrogen and oxygen atoms in total. The number of fused-ring (bicyclic) bond motifs is 1. The van der Waals surface area contributed by atoms with Crippen LogP contribution in [0.4, 0.5) is 0 Å². The van der Waals surface area contributed by atoms with Crippen LogP contribution in [0.5, 0.6) is 0 Å². The van der Waals surface area contributed by atoms with Gasteiger partial charge in [-0.3, -0.25) is 4.79 Å². The monoisotopic (exact) mass is 283 g/mol. The number of carbonyl (C=O) groups excluding carboxylic acids is 1. The summed E-state index contributed by atoms with van der Waals surface area (Å²) in [5.41, 5.74) is 0. The minimum absolute atomic E-state index is 0.0863. The highest BCUT2D eigenvalue weighted by Gasteiger charge is 2.38. The summed E-state index contributed by atoms with van der Waals surface area (Å²) in [6.45, 7) is 0.966. The second-order valence-corrected chi connectivity index (χ2v) is 7.11. The Bertz CT molecular complexity index is 567. The zero-order valence-corrected chi connectivity index (χ0v) is 11.3. The molecule has 3 rings (SSSR count). The van der Waals surface area contributed by atoms with Crippen LogP contribution in [0.1, 0.15) is 19.3 Å². The number of amides is 1. The number of piperidine rings is 2. The topological polar surface area (TPSA) is 82.3 Å². The highest BCUT2D eigenvalue weighted by Crippen LogP contribution is 2.28. The van der Waals surface area contributed by atoms with Gasteiger partial charge in [0.1, 0.15) is 0 Å². The van der Waals surface area contributed by atoms with E-state index in [1.165, 1.54) is 10.5 Å². The van der Waals surface area contributed by atoms with Crippen molar-refractivity contribution >= 4 is 15.9 Å². The molecule has 7 heteroatoms. The summed E-state index contributed by atoms with van der Waals surface area (Å²) in [4.78, 5) is 14.4. The van der Waals surface area contributed by atoms with Crippen molar-refractivity contribution in [2.45, 2.75) is 30.2 Å². The molecule has 1 amide bonds. The molecule has 2 saturated heterocycles. The summed E-state index contributed by atoms with van der Waals surface area (Å²) in [6, 6.07) is 1.71. The Morgan fingerprint density at radius 3 is 2.89 bits per heavy atom. The van der Waals surface area contributed by atoms with E-state index in [9.17, 15) is 13.2 Å². The van der Waals surface area contributed by atoms with Gasteiger partial charge in [-0.2, -0.15) is 4.31 Å². The van der Waals surface area contributed by atoms with Gasteiger partial charge in [0.25, 0.3) is 0 Å². The lowest BCUT2D eigenvalue weighted by Crippen LogP contribution is -2.54. The number of aromatic nitrogens is 1. The number of nitrogens with one attached hydrogen (secondary N) is 2. The predicted octanol–water partition coefficient (Wildman–Crippen LogP) is 0.304. The van der Waals surface area contributed by atoms with E-state index in [0.29, 0.717) is 30.8 Å². The van der Waals surface area contributed by atoms with E-state index in [2.05, 4.69) is 10.3 Å². The molecular weight excluding hydrogens is 266 g/mol. The first-order valence-electron chi connectivity index (χ1n) is 6.49. The number of hydrogen-bond donors (Lipinski definition) is 2. The average molecular weight is 283 g/mol. The van der Waals surface area contributed by atoms with E-state index in [4.69, 9.17) is 0 Å². The Labute approximate surface area is 112 Å². The lowest BCUT2D eigenvalue weighted by Gasteiger charge is -2.40. The van der Waals surface area contributed by atoms with Crippen molar-refractivity contribution in [1.82, 2.24) is 14.6 Å². The Morgan fingerprint density at radius 1 is 1.32 bits per heavy atom. The molecule has 19 heavy (non-hydrogen) atoms. The Morgan fingerprint density at radius 2 is 2.16 bits per heavy atom. The molecule has 2 N–H and O–H groups in total. The Hall–Kier alpha value is -1.34. The van der Waals surface area contributed by atoms with E-state index < -0.39 is 10.0 Å². The third-order valence-electron chi connectivity index (χ3n) is 3.99. The van der Waals surface area contributed by atoms with Crippen LogP contribution in [0.25, 0.3) is 0 Å². The summed E-state index contributed by atoms with van der Waals surface area (Å²) in [5, 5.41) is 2.96. The van der Waals surface area contributed by atoms with Crippen LogP contribution in [-0.2, 0) is 14.8 Å². The smallest absolute Gasteiger partial charge is 0.244 e. The maximum Gasteiger partial charge on any atom is 0.244 e. The number of hydrogen-bond acceptors (Lipinski definition) is 3. The van der Waals surface area contributed by atoms with Crippen LogP contribution in [-0.4, -0.2) is 42.7 Å². The van der Waals surface area contributed by atoms with Gasteiger partial charge >= 0.3 is 0 Å². The maximum atomic E-state index is 12.4. The van der Waals surface area contributed by atoms with Gasteiger partial charge in [-0.05, 0) is 24.8 Å². The predicted molar refractivity (Wildman–Crippen MR) is 68.8 cm³/mol. The molecule has 0 aromatic carbocycles. The highest BCUT2D eigenvalue weighted by molar-refractivity contribution is 7.89. The van der Waals surface area contributed by atoms with Gasteiger partial charge in [-0.15, -0.1) is 0 Å². The summed E-state index contributed by atoms with van der Waals surface area (Å²) in [5.74, 6) is 0.323. The fourth-order valence-corrected chi connectivity index (χ4v) is 4.40. The fourth-order valence-electron chi connectivity index (χ4n) is 2.91. The molecule has 3 heterocycles. The van der Waals surface area contributed by atoms with E-state index >= 15 is 0 Å². The molecule has 0 radical (unpaired) electrons. The third kappa shape index (κ3) is 2.28. The molecule has 2 aliphatic rings. The van der Waals surface area contributed by atoms with Gasteiger partial charge in [0.15, 0.2) is 0 Å². The van der Waals surface area contributed by atoms with E-state index in [1.807, 2.05) is 0 Å². The van der Waals surface area contributed by atoms with Crippen molar-refractivity contribution in [3.05, 3.63) is 18.5 Å². The van der Waals surface area contributed by atoms with Crippen LogP contribution in [0, 0.1) is 5.92 Å². The molecule has 104 valence electrons. The highest BCUT2D eigenvalue weighted by atomic mass is 32.2. The quantitative estimate of drug-likeness (QED) is 0.819.